The van der Waals surface area contributed by atoms with Crippen molar-refractivity contribution in [2.24, 2.45) is 0 Å². The first-order chi connectivity index (χ1) is 10.1. The molecule has 0 spiro atoms. The Balaban J connectivity index is 2.31. The summed E-state index contributed by atoms with van der Waals surface area (Å²) >= 11 is 0. The number of aromatic nitrogens is 2. The number of benzene rings is 2. The molecular weight excluding hydrogens is 258 g/mol. The highest BCUT2D eigenvalue weighted by molar-refractivity contribution is 5.80. The van der Waals surface area contributed by atoms with E-state index in [0.29, 0.717) is 11.5 Å². The third-order valence-electron chi connectivity index (χ3n) is 3.62. The quantitative estimate of drug-likeness (QED) is 0.698. The average molecular weight is 275 g/mol. The molecule has 3 rings (SSSR count). The molecule has 0 aliphatic heterocycles. The van der Waals surface area contributed by atoms with Crippen LogP contribution in [0, 0.1) is 18.3 Å². The fourth-order valence-electron chi connectivity index (χ4n) is 2.52. The fourth-order valence-corrected chi connectivity index (χ4v) is 2.52. The van der Waals surface area contributed by atoms with Crippen LogP contribution in [0.25, 0.3) is 16.7 Å². The van der Waals surface area contributed by atoms with Crippen LogP contribution in [0.3, 0.4) is 0 Å². The van der Waals surface area contributed by atoms with E-state index in [0.717, 1.165) is 22.5 Å². The maximum atomic E-state index is 9.05. The molecule has 1 heterocycles. The Hall–Kier alpha value is -2.60. The molecule has 0 fully saturated rings. The van der Waals surface area contributed by atoms with Crippen molar-refractivity contribution in [3.8, 4) is 11.8 Å². The molecular formula is C18H17N3. The van der Waals surface area contributed by atoms with E-state index in [4.69, 9.17) is 10.2 Å². The molecule has 0 aliphatic carbocycles. The molecule has 0 aliphatic rings. The second kappa shape index (κ2) is 5.06. The lowest BCUT2D eigenvalue weighted by molar-refractivity contribution is 0.760. The van der Waals surface area contributed by atoms with Crippen molar-refractivity contribution in [3.63, 3.8) is 0 Å². The summed E-state index contributed by atoms with van der Waals surface area (Å²) in [6.45, 7) is 6.35. The molecule has 0 unspecified atom stereocenters. The number of nitriles is 1. The van der Waals surface area contributed by atoms with Gasteiger partial charge in [-0.1, -0.05) is 31.5 Å². The molecule has 0 N–H and O–H groups in total. The molecule has 2 aromatic carbocycles. The highest BCUT2D eigenvalue weighted by Crippen LogP contribution is 2.26. The molecule has 1 aromatic heterocycles. The standard InChI is InChI=1S/C18H17N3/c1-12(2)18-20-16-10-14(11-19)6-9-17(16)21(18)15-7-4-13(3)5-8-15/h4-10,12H,1-3H3. The van der Waals surface area contributed by atoms with E-state index < -0.39 is 0 Å². The molecule has 0 atom stereocenters. The van der Waals surface area contributed by atoms with Crippen molar-refractivity contribution < 1.29 is 0 Å². The van der Waals surface area contributed by atoms with Crippen LogP contribution in [0.4, 0.5) is 0 Å². The SMILES string of the molecule is Cc1ccc(-n2c(C(C)C)nc3cc(C#N)ccc32)cc1. The van der Waals surface area contributed by atoms with E-state index >= 15 is 0 Å². The highest BCUT2D eigenvalue weighted by atomic mass is 15.1. The Kier molecular flexibility index (Phi) is 3.23. The topological polar surface area (TPSA) is 41.6 Å². The zero-order valence-electron chi connectivity index (χ0n) is 12.5. The molecule has 0 saturated heterocycles. The highest BCUT2D eigenvalue weighted by Gasteiger charge is 2.15. The van der Waals surface area contributed by atoms with Crippen molar-refractivity contribution >= 4 is 11.0 Å². The number of nitrogens with zero attached hydrogens (tertiary/aromatic N) is 3. The predicted octanol–water partition coefficient (Wildman–Crippen LogP) is 4.33. The van der Waals surface area contributed by atoms with Gasteiger partial charge in [0.1, 0.15) is 5.82 Å². The van der Waals surface area contributed by atoms with Crippen molar-refractivity contribution in [2.45, 2.75) is 26.7 Å². The van der Waals surface area contributed by atoms with Crippen LogP contribution in [0.5, 0.6) is 0 Å². The Morgan fingerprint density at radius 1 is 1.10 bits per heavy atom. The Bertz CT molecular complexity index is 833. The molecule has 21 heavy (non-hydrogen) atoms. The number of hydrogen-bond acceptors (Lipinski definition) is 2. The molecule has 0 radical (unpaired) electrons. The molecule has 0 saturated carbocycles. The van der Waals surface area contributed by atoms with Gasteiger partial charge in [0.15, 0.2) is 0 Å². The summed E-state index contributed by atoms with van der Waals surface area (Å²) in [7, 11) is 0. The van der Waals surface area contributed by atoms with Crippen molar-refractivity contribution in [2.75, 3.05) is 0 Å². The van der Waals surface area contributed by atoms with Crippen LogP contribution in [0.1, 0.15) is 36.7 Å². The Morgan fingerprint density at radius 3 is 2.43 bits per heavy atom. The number of imidazole rings is 1. The molecule has 3 heteroatoms. The largest absolute Gasteiger partial charge is 0.296 e. The van der Waals surface area contributed by atoms with Gasteiger partial charge in [-0.2, -0.15) is 5.26 Å². The third kappa shape index (κ3) is 2.30. The minimum Gasteiger partial charge on any atom is -0.296 e. The van der Waals surface area contributed by atoms with Crippen LogP contribution in [0.2, 0.25) is 0 Å². The zero-order valence-corrected chi connectivity index (χ0v) is 12.5. The van der Waals surface area contributed by atoms with Crippen LogP contribution in [-0.2, 0) is 0 Å². The second-order valence-corrected chi connectivity index (χ2v) is 5.61. The second-order valence-electron chi connectivity index (χ2n) is 5.61. The smallest absolute Gasteiger partial charge is 0.117 e. The van der Waals surface area contributed by atoms with Crippen LogP contribution >= 0.6 is 0 Å². The van der Waals surface area contributed by atoms with E-state index in [9.17, 15) is 0 Å². The summed E-state index contributed by atoms with van der Waals surface area (Å²) < 4.78 is 2.18. The number of aryl methyl sites for hydroxylation is 1. The minimum atomic E-state index is 0.309. The van der Waals surface area contributed by atoms with Gasteiger partial charge in [0.05, 0.1) is 22.7 Å². The van der Waals surface area contributed by atoms with Gasteiger partial charge in [-0.25, -0.2) is 4.98 Å². The van der Waals surface area contributed by atoms with Gasteiger partial charge in [0, 0.05) is 11.6 Å². The maximum absolute atomic E-state index is 9.05. The third-order valence-corrected chi connectivity index (χ3v) is 3.62. The minimum absolute atomic E-state index is 0.309. The van der Waals surface area contributed by atoms with E-state index in [1.165, 1.54) is 5.56 Å². The summed E-state index contributed by atoms with van der Waals surface area (Å²) in [4.78, 5) is 4.73. The molecule has 3 aromatic rings. The van der Waals surface area contributed by atoms with Crippen molar-refractivity contribution in [1.82, 2.24) is 9.55 Å². The van der Waals surface area contributed by atoms with E-state index in [1.54, 1.807) is 0 Å². The van der Waals surface area contributed by atoms with E-state index in [2.05, 4.69) is 55.7 Å². The van der Waals surface area contributed by atoms with Crippen molar-refractivity contribution in [3.05, 3.63) is 59.4 Å². The van der Waals surface area contributed by atoms with E-state index in [1.807, 2.05) is 18.2 Å². The zero-order chi connectivity index (χ0) is 15.0. The van der Waals surface area contributed by atoms with Crippen LogP contribution in [0.15, 0.2) is 42.5 Å². The Labute approximate surface area is 124 Å². The molecule has 104 valence electrons. The van der Waals surface area contributed by atoms with Gasteiger partial charge in [-0.3, -0.25) is 4.57 Å². The molecule has 0 bridgehead atoms. The number of fused-ring (bicyclic) bond motifs is 1. The summed E-state index contributed by atoms with van der Waals surface area (Å²) in [6, 6.07) is 16.3. The van der Waals surface area contributed by atoms with Gasteiger partial charge in [0.2, 0.25) is 0 Å². The lowest BCUT2D eigenvalue weighted by Gasteiger charge is -2.11. The van der Waals surface area contributed by atoms with Crippen LogP contribution < -0.4 is 0 Å². The first-order valence-electron chi connectivity index (χ1n) is 7.09. The van der Waals surface area contributed by atoms with Crippen molar-refractivity contribution in [1.29, 1.82) is 5.26 Å². The lowest BCUT2D eigenvalue weighted by atomic mass is 10.2. The summed E-state index contributed by atoms with van der Waals surface area (Å²) in [5.41, 5.74) is 4.91. The molecule has 3 nitrogen and oxygen atoms in total. The maximum Gasteiger partial charge on any atom is 0.117 e. The monoisotopic (exact) mass is 275 g/mol. The fraction of sp³-hybridized carbons (Fsp3) is 0.222. The lowest BCUT2D eigenvalue weighted by Crippen LogP contribution is -2.02. The Morgan fingerprint density at radius 2 is 1.81 bits per heavy atom. The van der Waals surface area contributed by atoms with Crippen LogP contribution in [-0.4, -0.2) is 9.55 Å². The average Bonchev–Trinajstić information content (AvgIpc) is 2.86. The van der Waals surface area contributed by atoms with Gasteiger partial charge in [0.25, 0.3) is 0 Å². The number of hydrogen-bond donors (Lipinski definition) is 0. The van der Waals surface area contributed by atoms with E-state index in [-0.39, 0.29) is 0 Å². The van der Waals surface area contributed by atoms with Gasteiger partial charge >= 0.3 is 0 Å². The predicted molar refractivity (Wildman–Crippen MR) is 84.6 cm³/mol. The van der Waals surface area contributed by atoms with Gasteiger partial charge in [-0.15, -0.1) is 0 Å². The summed E-state index contributed by atoms with van der Waals surface area (Å²) in [6.07, 6.45) is 0. The normalized spacial score (nSPS) is 11.0. The number of rotatable bonds is 2. The first kappa shape index (κ1) is 13.4. The van der Waals surface area contributed by atoms with Gasteiger partial charge in [-0.05, 0) is 37.3 Å². The summed E-state index contributed by atoms with van der Waals surface area (Å²) in [5, 5.41) is 9.05. The van der Waals surface area contributed by atoms with Gasteiger partial charge < -0.3 is 0 Å². The first-order valence-corrected chi connectivity index (χ1v) is 7.09. The molecule has 0 amide bonds. The summed E-state index contributed by atoms with van der Waals surface area (Å²) in [5.74, 6) is 1.33.